The minimum absolute atomic E-state index is 0.0180. The van der Waals surface area contributed by atoms with Gasteiger partial charge in [-0.25, -0.2) is 0 Å². The van der Waals surface area contributed by atoms with Crippen LogP contribution in [0.3, 0.4) is 0 Å². The highest BCUT2D eigenvalue weighted by atomic mass is 16.7. The van der Waals surface area contributed by atoms with Crippen LogP contribution in [-0.2, 0) is 23.9 Å². The van der Waals surface area contributed by atoms with Crippen LogP contribution in [0.1, 0.15) is 69.3 Å². The molecule has 1 saturated carbocycles. The van der Waals surface area contributed by atoms with Crippen LogP contribution >= 0.6 is 0 Å². The second kappa shape index (κ2) is 10.9. The van der Waals surface area contributed by atoms with Gasteiger partial charge in [0.15, 0.2) is 0 Å². The lowest BCUT2D eigenvalue weighted by molar-refractivity contribution is -0.165. The van der Waals surface area contributed by atoms with Gasteiger partial charge in [-0.2, -0.15) is 0 Å². The fourth-order valence-corrected chi connectivity index (χ4v) is 5.97. The topological polar surface area (TPSA) is 123 Å². The van der Waals surface area contributed by atoms with Crippen LogP contribution in [0.15, 0.2) is 18.2 Å². The summed E-state index contributed by atoms with van der Waals surface area (Å²) in [5.74, 6) is -0.798. The molecule has 10 nitrogen and oxygen atoms in total. The molecule has 0 radical (unpaired) electrons. The average molecular weight is 530 g/mol. The number of hydrogen-bond acceptors (Lipinski definition) is 7. The molecule has 1 aromatic carbocycles. The van der Waals surface area contributed by atoms with Crippen LogP contribution in [0.2, 0.25) is 0 Å². The third-order valence-electron chi connectivity index (χ3n) is 7.87. The van der Waals surface area contributed by atoms with Crippen molar-refractivity contribution < 1.29 is 33.4 Å². The first-order valence-electron chi connectivity index (χ1n) is 13.3. The van der Waals surface area contributed by atoms with Crippen molar-refractivity contribution in [2.45, 2.75) is 90.8 Å². The summed E-state index contributed by atoms with van der Waals surface area (Å²) in [6.45, 7) is 9.61. The molecule has 38 heavy (non-hydrogen) atoms. The molecule has 1 aliphatic carbocycles. The lowest BCUT2D eigenvalue weighted by Gasteiger charge is -2.40. The number of nitrogens with zero attached hydrogens (tertiary/aromatic N) is 1. The lowest BCUT2D eigenvalue weighted by Crippen LogP contribution is -2.62. The Bertz CT molecular complexity index is 1100. The van der Waals surface area contributed by atoms with Gasteiger partial charge in [-0.1, -0.05) is 26.8 Å². The summed E-state index contributed by atoms with van der Waals surface area (Å²) in [6, 6.07) is 2.99. The number of nitrogens with one attached hydrogen (secondary N) is 2. The Morgan fingerprint density at radius 2 is 1.95 bits per heavy atom. The fraction of sp³-hybridized carbons (Fsp3) is 0.643. The van der Waals surface area contributed by atoms with Crippen molar-refractivity contribution in [3.63, 3.8) is 0 Å². The summed E-state index contributed by atoms with van der Waals surface area (Å²) < 4.78 is 16.0. The summed E-state index contributed by atoms with van der Waals surface area (Å²) in [6.07, 6.45) is 1.57. The molecule has 3 aliphatic rings. The number of hydrogen-bond donors (Lipinski definition) is 2. The fourth-order valence-electron chi connectivity index (χ4n) is 5.97. The van der Waals surface area contributed by atoms with Gasteiger partial charge < -0.3 is 29.7 Å². The Balaban J connectivity index is 1.56. The van der Waals surface area contributed by atoms with Gasteiger partial charge in [0.05, 0.1) is 13.5 Å². The number of esters is 1. The number of amides is 3. The lowest BCUT2D eigenvalue weighted by atomic mass is 9.84. The van der Waals surface area contributed by atoms with Gasteiger partial charge in [-0.05, 0) is 56.6 Å². The van der Waals surface area contributed by atoms with Crippen molar-refractivity contribution in [1.29, 1.82) is 0 Å². The molecule has 3 fully saturated rings. The first kappa shape index (κ1) is 27.9. The van der Waals surface area contributed by atoms with Gasteiger partial charge in [-0.15, -0.1) is 0 Å². The minimum atomic E-state index is -0.859. The van der Waals surface area contributed by atoms with E-state index in [4.69, 9.17) is 14.2 Å². The largest absolute Gasteiger partial charge is 0.496 e. The number of ether oxygens (including phenoxy) is 3. The zero-order valence-corrected chi connectivity index (χ0v) is 23.0. The predicted molar refractivity (Wildman–Crippen MR) is 138 cm³/mol. The Hall–Kier alpha value is -3.14. The number of rotatable bonds is 8. The summed E-state index contributed by atoms with van der Waals surface area (Å²) in [5.41, 5.74) is 0.493. The van der Waals surface area contributed by atoms with Gasteiger partial charge in [0, 0.05) is 23.8 Å². The minimum Gasteiger partial charge on any atom is -0.496 e. The smallest absolute Gasteiger partial charge is 0.310 e. The molecule has 4 rings (SSSR count). The van der Waals surface area contributed by atoms with E-state index in [9.17, 15) is 19.2 Å². The van der Waals surface area contributed by atoms with E-state index in [1.165, 1.54) is 0 Å². The van der Waals surface area contributed by atoms with E-state index in [1.54, 1.807) is 44.1 Å². The first-order valence-corrected chi connectivity index (χ1v) is 13.3. The third-order valence-corrected chi connectivity index (χ3v) is 7.87. The number of carbonyl (C=O) groups excluding carboxylic acids is 4. The summed E-state index contributed by atoms with van der Waals surface area (Å²) in [7, 11) is 1.54. The molecule has 1 unspecified atom stereocenters. The standard InChI is InChI=1S/C28H39N3O7/c1-7-37-27-19(14-21(32)38-27)29-25(34)22-16-11-12-17(13-16)31(22)26(35)23(28(3,4)5)30-24(33)18-9-8-10-20(36-6)15(18)2/h8-10,16-17,19,22-23,27H,7,11-14H2,1-6H3,(H,29,34)(H,30,33)/t16-,17?,19-,22-,23+,27-/m0/s1. The number of piperidine rings is 1. The Labute approximate surface area is 223 Å². The monoisotopic (exact) mass is 529 g/mol. The van der Waals surface area contributed by atoms with Crippen molar-refractivity contribution in [1.82, 2.24) is 15.5 Å². The maximum atomic E-state index is 14.1. The van der Waals surface area contributed by atoms with Gasteiger partial charge >= 0.3 is 5.97 Å². The molecule has 2 aliphatic heterocycles. The summed E-state index contributed by atoms with van der Waals surface area (Å²) in [4.78, 5) is 54.6. The van der Waals surface area contributed by atoms with Crippen molar-refractivity contribution >= 4 is 23.7 Å². The third kappa shape index (κ3) is 5.36. The summed E-state index contributed by atoms with van der Waals surface area (Å²) >= 11 is 0. The highest BCUT2D eigenvalue weighted by Gasteiger charge is 2.54. The molecule has 0 spiro atoms. The molecule has 2 N–H and O–H groups in total. The predicted octanol–water partition coefficient (Wildman–Crippen LogP) is 2.32. The van der Waals surface area contributed by atoms with E-state index in [0.717, 1.165) is 19.3 Å². The Morgan fingerprint density at radius 1 is 1.21 bits per heavy atom. The van der Waals surface area contributed by atoms with Gasteiger partial charge in [-0.3, -0.25) is 19.2 Å². The maximum Gasteiger partial charge on any atom is 0.310 e. The van der Waals surface area contributed by atoms with Crippen molar-refractivity contribution in [2.75, 3.05) is 13.7 Å². The van der Waals surface area contributed by atoms with Crippen LogP contribution in [-0.4, -0.2) is 72.8 Å². The van der Waals surface area contributed by atoms with Crippen LogP contribution in [0.25, 0.3) is 0 Å². The van der Waals surface area contributed by atoms with Gasteiger partial charge in [0.2, 0.25) is 18.1 Å². The van der Waals surface area contributed by atoms with Gasteiger partial charge in [0.25, 0.3) is 5.91 Å². The molecule has 2 saturated heterocycles. The van der Waals surface area contributed by atoms with Crippen molar-refractivity contribution in [3.05, 3.63) is 29.3 Å². The molecule has 6 atom stereocenters. The second-order valence-electron chi connectivity index (χ2n) is 11.5. The molecule has 2 heterocycles. The van der Waals surface area contributed by atoms with Crippen molar-refractivity contribution in [3.8, 4) is 5.75 Å². The van der Waals surface area contributed by atoms with E-state index in [1.807, 2.05) is 20.8 Å². The number of carbonyl (C=O) groups is 4. The zero-order valence-electron chi connectivity index (χ0n) is 23.0. The number of fused-ring (bicyclic) bond motifs is 2. The molecule has 1 aromatic rings. The summed E-state index contributed by atoms with van der Waals surface area (Å²) in [5, 5.41) is 5.88. The van der Waals surface area contributed by atoms with E-state index in [0.29, 0.717) is 23.5 Å². The van der Waals surface area contributed by atoms with Gasteiger partial charge in [0.1, 0.15) is 23.9 Å². The molecule has 3 amide bonds. The van der Waals surface area contributed by atoms with E-state index in [2.05, 4.69) is 10.6 Å². The number of cyclic esters (lactones) is 1. The Morgan fingerprint density at radius 3 is 2.61 bits per heavy atom. The second-order valence-corrected chi connectivity index (χ2v) is 11.5. The van der Waals surface area contributed by atoms with E-state index >= 15 is 0 Å². The highest BCUT2D eigenvalue weighted by molar-refractivity contribution is 6.00. The molecule has 208 valence electrons. The van der Waals surface area contributed by atoms with Crippen LogP contribution < -0.4 is 15.4 Å². The average Bonchev–Trinajstić information content (AvgIpc) is 3.56. The number of likely N-dealkylation sites (tertiary alicyclic amines) is 1. The zero-order chi connectivity index (χ0) is 27.8. The molecular weight excluding hydrogens is 490 g/mol. The van der Waals surface area contributed by atoms with Crippen LogP contribution in [0.5, 0.6) is 5.75 Å². The van der Waals surface area contributed by atoms with Crippen LogP contribution in [0, 0.1) is 18.3 Å². The molecule has 10 heteroatoms. The Kier molecular flexibility index (Phi) is 8.01. The first-order chi connectivity index (χ1) is 18.0. The normalized spacial score (nSPS) is 27.2. The number of methoxy groups -OCH3 is 1. The molecular formula is C28H39N3O7. The molecule has 0 aromatic heterocycles. The maximum absolute atomic E-state index is 14.1. The highest BCUT2D eigenvalue weighted by Crippen LogP contribution is 2.44. The van der Waals surface area contributed by atoms with Crippen molar-refractivity contribution in [2.24, 2.45) is 11.3 Å². The van der Waals surface area contributed by atoms with Crippen LogP contribution in [0.4, 0.5) is 0 Å². The SMILES string of the molecule is CCO[C@H]1OC(=O)C[C@@H]1NC(=O)[C@@H]1[C@H]2CCC(C2)N1C(=O)[C@@H](NC(=O)c1cccc(OC)c1C)C(C)(C)C. The van der Waals surface area contributed by atoms with E-state index < -0.39 is 35.8 Å². The quantitative estimate of drug-likeness (QED) is 0.496. The molecule has 2 bridgehead atoms. The number of benzene rings is 1. The van der Waals surface area contributed by atoms with E-state index in [-0.39, 0.29) is 36.1 Å².